The molecule has 1 aliphatic rings. The molecule has 1 fully saturated rings. The Morgan fingerprint density at radius 1 is 1.33 bits per heavy atom. The number of rotatable bonds is 5. The number of carbonyl (C=O) groups excluding carboxylic acids is 2. The molecule has 1 rings (SSSR count). The molecule has 3 N–H and O–H groups in total. The van der Waals surface area contributed by atoms with Gasteiger partial charge in [0.1, 0.15) is 0 Å². The fourth-order valence-electron chi connectivity index (χ4n) is 2.17. The van der Waals surface area contributed by atoms with Gasteiger partial charge in [0.2, 0.25) is 5.91 Å². The summed E-state index contributed by atoms with van der Waals surface area (Å²) in [6, 6.07) is -0.446. The lowest BCUT2D eigenvalue weighted by atomic mass is 9.97. The van der Waals surface area contributed by atoms with Crippen LogP contribution in [0, 0.1) is 5.92 Å². The van der Waals surface area contributed by atoms with Crippen molar-refractivity contribution >= 4 is 11.9 Å². The van der Waals surface area contributed by atoms with Gasteiger partial charge < -0.3 is 10.6 Å². The second-order valence-electron chi connectivity index (χ2n) is 4.65. The molecule has 0 aromatic carbocycles. The molecule has 0 aromatic heterocycles. The highest BCUT2D eigenvalue weighted by Crippen LogP contribution is 2.13. The van der Waals surface area contributed by atoms with E-state index in [2.05, 4.69) is 20.9 Å². The zero-order valence-electron chi connectivity index (χ0n) is 11.3. The smallest absolute Gasteiger partial charge is 0.321 e. The van der Waals surface area contributed by atoms with Gasteiger partial charge in [-0.05, 0) is 38.4 Å². The van der Waals surface area contributed by atoms with Crippen molar-refractivity contribution in [3.63, 3.8) is 0 Å². The average Bonchev–Trinajstić information content (AvgIpc) is 2.38. The zero-order chi connectivity index (χ0) is 13.4. The molecule has 1 aliphatic heterocycles. The number of carbonyl (C=O) groups is 2. The molecule has 0 unspecified atom stereocenters. The first kappa shape index (κ1) is 14.9. The Bertz CT molecular complexity index is 277. The van der Waals surface area contributed by atoms with Crippen LogP contribution in [-0.2, 0) is 4.79 Å². The van der Waals surface area contributed by atoms with Crippen LogP contribution in [-0.4, -0.2) is 56.6 Å². The summed E-state index contributed by atoms with van der Waals surface area (Å²) < 4.78 is 0. The number of amides is 3. The van der Waals surface area contributed by atoms with Crippen molar-refractivity contribution in [2.45, 2.75) is 19.8 Å². The maximum atomic E-state index is 11.6. The van der Waals surface area contributed by atoms with Crippen molar-refractivity contribution in [3.05, 3.63) is 0 Å². The van der Waals surface area contributed by atoms with Crippen molar-refractivity contribution in [2.75, 3.05) is 39.8 Å². The lowest BCUT2D eigenvalue weighted by Crippen LogP contribution is -2.45. The first-order valence-corrected chi connectivity index (χ1v) is 6.60. The third kappa shape index (κ3) is 5.46. The van der Waals surface area contributed by atoms with Crippen LogP contribution in [0.3, 0.4) is 0 Å². The minimum Gasteiger partial charge on any atom is -0.341 e. The van der Waals surface area contributed by atoms with E-state index in [9.17, 15) is 9.59 Å². The van der Waals surface area contributed by atoms with Crippen LogP contribution in [0.15, 0.2) is 0 Å². The lowest BCUT2D eigenvalue weighted by molar-refractivity contribution is -0.121. The van der Waals surface area contributed by atoms with Crippen molar-refractivity contribution in [3.8, 4) is 0 Å². The van der Waals surface area contributed by atoms with E-state index in [-0.39, 0.29) is 12.5 Å². The monoisotopic (exact) mass is 256 g/mol. The van der Waals surface area contributed by atoms with Crippen molar-refractivity contribution in [1.29, 1.82) is 0 Å². The van der Waals surface area contributed by atoms with Crippen molar-refractivity contribution < 1.29 is 9.59 Å². The van der Waals surface area contributed by atoms with E-state index in [4.69, 9.17) is 0 Å². The van der Waals surface area contributed by atoms with E-state index in [0.717, 1.165) is 39.0 Å². The summed E-state index contributed by atoms with van der Waals surface area (Å²) in [5, 5.41) is 7.99. The molecule has 1 heterocycles. The Morgan fingerprint density at radius 2 is 2.00 bits per heavy atom. The molecule has 3 amide bonds. The average molecular weight is 256 g/mol. The van der Waals surface area contributed by atoms with Crippen molar-refractivity contribution in [1.82, 2.24) is 20.9 Å². The molecular formula is C12H24N4O2. The predicted molar refractivity (Wildman–Crippen MR) is 70.3 cm³/mol. The molecule has 0 aromatic rings. The van der Waals surface area contributed by atoms with Crippen LogP contribution < -0.4 is 16.0 Å². The van der Waals surface area contributed by atoms with Gasteiger partial charge in [-0.3, -0.25) is 15.0 Å². The van der Waals surface area contributed by atoms with Gasteiger partial charge >= 0.3 is 6.03 Å². The van der Waals surface area contributed by atoms with Gasteiger partial charge in [0.05, 0.1) is 6.54 Å². The van der Waals surface area contributed by atoms with E-state index < -0.39 is 6.03 Å². The summed E-state index contributed by atoms with van der Waals surface area (Å²) >= 11 is 0. The minimum atomic E-state index is -0.446. The van der Waals surface area contributed by atoms with E-state index in [1.54, 1.807) is 0 Å². The Balaban J connectivity index is 2.31. The molecule has 0 spiro atoms. The molecular weight excluding hydrogens is 232 g/mol. The molecule has 0 bridgehead atoms. The number of nitrogens with one attached hydrogen (secondary N) is 3. The topological polar surface area (TPSA) is 73.5 Å². The van der Waals surface area contributed by atoms with Gasteiger partial charge in [-0.2, -0.15) is 0 Å². The van der Waals surface area contributed by atoms with Gasteiger partial charge in [-0.1, -0.05) is 6.92 Å². The quantitative estimate of drug-likeness (QED) is 0.635. The normalized spacial score (nSPS) is 16.6. The summed E-state index contributed by atoms with van der Waals surface area (Å²) in [6.07, 6.45) is 2.32. The molecule has 0 aliphatic carbocycles. The van der Waals surface area contributed by atoms with Crippen LogP contribution in [0.2, 0.25) is 0 Å². The van der Waals surface area contributed by atoms with Crippen LogP contribution >= 0.6 is 0 Å². The first-order chi connectivity index (χ1) is 8.65. The number of nitrogens with zero attached hydrogens (tertiary/aromatic N) is 1. The highest BCUT2D eigenvalue weighted by Gasteiger charge is 2.18. The third-order valence-electron chi connectivity index (χ3n) is 3.27. The Kier molecular flexibility index (Phi) is 6.67. The summed E-state index contributed by atoms with van der Waals surface area (Å²) in [6.45, 7) is 6.20. The van der Waals surface area contributed by atoms with Crippen LogP contribution in [0.1, 0.15) is 19.8 Å². The maximum Gasteiger partial charge on any atom is 0.321 e. The fraction of sp³-hybridized carbons (Fsp3) is 0.833. The largest absolute Gasteiger partial charge is 0.341 e. The van der Waals surface area contributed by atoms with Gasteiger partial charge in [-0.25, -0.2) is 4.79 Å². The van der Waals surface area contributed by atoms with E-state index >= 15 is 0 Å². The summed E-state index contributed by atoms with van der Waals surface area (Å²) in [5.41, 5.74) is 0. The predicted octanol–water partition coefficient (Wildman–Crippen LogP) is -0.236. The highest BCUT2D eigenvalue weighted by molar-refractivity contribution is 5.95. The van der Waals surface area contributed by atoms with Crippen LogP contribution in [0.4, 0.5) is 4.79 Å². The SMILES string of the molecule is CCN(CC(=O)NC(=O)NC)CC1CCNCC1. The number of imide groups is 1. The molecule has 18 heavy (non-hydrogen) atoms. The molecule has 6 nitrogen and oxygen atoms in total. The molecule has 6 heteroatoms. The lowest BCUT2D eigenvalue weighted by Gasteiger charge is -2.28. The van der Waals surface area contributed by atoms with Gasteiger partial charge in [0, 0.05) is 13.6 Å². The van der Waals surface area contributed by atoms with E-state index in [0.29, 0.717) is 5.92 Å². The van der Waals surface area contributed by atoms with E-state index in [1.807, 2.05) is 6.92 Å². The first-order valence-electron chi connectivity index (χ1n) is 6.60. The molecule has 0 saturated carbocycles. The molecule has 0 atom stereocenters. The molecule has 104 valence electrons. The van der Waals surface area contributed by atoms with Gasteiger partial charge in [-0.15, -0.1) is 0 Å². The second kappa shape index (κ2) is 8.05. The fourth-order valence-corrected chi connectivity index (χ4v) is 2.17. The van der Waals surface area contributed by atoms with E-state index in [1.165, 1.54) is 7.05 Å². The molecule has 1 saturated heterocycles. The Labute approximate surface area is 108 Å². The number of hydrogen-bond donors (Lipinski definition) is 3. The highest BCUT2D eigenvalue weighted by atomic mass is 16.2. The van der Waals surface area contributed by atoms with Crippen LogP contribution in [0.25, 0.3) is 0 Å². The zero-order valence-corrected chi connectivity index (χ0v) is 11.3. The second-order valence-corrected chi connectivity index (χ2v) is 4.65. The number of likely N-dealkylation sites (N-methyl/N-ethyl adjacent to an activating group) is 1. The molecule has 0 radical (unpaired) electrons. The van der Waals surface area contributed by atoms with Crippen molar-refractivity contribution in [2.24, 2.45) is 5.92 Å². The number of urea groups is 1. The Hall–Kier alpha value is -1.14. The minimum absolute atomic E-state index is 0.245. The summed E-state index contributed by atoms with van der Waals surface area (Å²) in [4.78, 5) is 24.7. The number of hydrogen-bond acceptors (Lipinski definition) is 4. The third-order valence-corrected chi connectivity index (χ3v) is 3.27. The Morgan fingerprint density at radius 3 is 2.56 bits per heavy atom. The van der Waals surface area contributed by atoms with Gasteiger partial charge in [0.15, 0.2) is 0 Å². The van der Waals surface area contributed by atoms with Gasteiger partial charge in [0.25, 0.3) is 0 Å². The standard InChI is InChI=1S/C12H24N4O2/c1-3-16(8-10-4-6-14-7-5-10)9-11(17)15-12(18)13-2/h10,14H,3-9H2,1-2H3,(H2,13,15,17,18). The van der Waals surface area contributed by atoms with Crippen LogP contribution in [0.5, 0.6) is 0 Å². The number of piperidine rings is 1. The summed E-state index contributed by atoms with van der Waals surface area (Å²) in [7, 11) is 1.50. The summed E-state index contributed by atoms with van der Waals surface area (Å²) in [5.74, 6) is 0.407. The maximum absolute atomic E-state index is 11.6.